The summed E-state index contributed by atoms with van der Waals surface area (Å²) in [6.45, 7) is 6.98. The Hall–Kier alpha value is -1.15. The van der Waals surface area contributed by atoms with Crippen molar-refractivity contribution in [2.75, 3.05) is 6.61 Å². The van der Waals surface area contributed by atoms with Crippen LogP contribution >= 0.6 is 0 Å². The Morgan fingerprint density at radius 3 is 2.29 bits per heavy atom. The summed E-state index contributed by atoms with van der Waals surface area (Å²) in [5.74, 6) is 0.796. The van der Waals surface area contributed by atoms with E-state index in [9.17, 15) is 4.79 Å². The molecule has 0 spiro atoms. The first-order valence-corrected chi connectivity index (χ1v) is 8.33. The van der Waals surface area contributed by atoms with Crippen molar-refractivity contribution in [3.05, 3.63) is 35.4 Å². The molecule has 1 aromatic rings. The lowest BCUT2D eigenvalue weighted by Crippen LogP contribution is -2.44. The second-order valence-electron chi connectivity index (χ2n) is 6.48. The van der Waals surface area contributed by atoms with Crippen LogP contribution < -0.4 is 0 Å². The van der Waals surface area contributed by atoms with Gasteiger partial charge in [0.05, 0.1) is 0 Å². The third-order valence-corrected chi connectivity index (χ3v) is 4.60. The van der Waals surface area contributed by atoms with Gasteiger partial charge in [0.25, 0.3) is 0 Å². The molecule has 0 N–H and O–H groups in total. The highest BCUT2D eigenvalue weighted by Crippen LogP contribution is 2.33. The average molecular weight is 288 g/mol. The molecule has 0 radical (unpaired) electrons. The Labute approximate surface area is 128 Å². The molecule has 1 aliphatic carbocycles. The summed E-state index contributed by atoms with van der Waals surface area (Å²) in [7, 11) is 0. The monoisotopic (exact) mass is 288 g/mol. The number of ether oxygens (including phenoxy) is 1. The Morgan fingerprint density at radius 1 is 1.14 bits per heavy atom. The third kappa shape index (κ3) is 3.94. The van der Waals surface area contributed by atoms with Gasteiger partial charge in [0, 0.05) is 13.0 Å². The maximum atomic E-state index is 12.8. The van der Waals surface area contributed by atoms with Crippen molar-refractivity contribution < 1.29 is 9.53 Å². The van der Waals surface area contributed by atoms with Crippen LogP contribution in [0.5, 0.6) is 0 Å². The van der Waals surface area contributed by atoms with Gasteiger partial charge in [0.1, 0.15) is 5.60 Å². The van der Waals surface area contributed by atoms with E-state index in [1.807, 2.05) is 6.92 Å². The Balaban J connectivity index is 2.07. The van der Waals surface area contributed by atoms with Gasteiger partial charge < -0.3 is 4.74 Å². The van der Waals surface area contributed by atoms with Crippen LogP contribution in [0.4, 0.5) is 0 Å². The van der Waals surface area contributed by atoms with Gasteiger partial charge in [-0.15, -0.1) is 0 Å². The Bertz CT molecular complexity index is 447. The lowest BCUT2D eigenvalue weighted by atomic mass is 9.79. The van der Waals surface area contributed by atoms with Gasteiger partial charge in [-0.05, 0) is 36.8 Å². The highest BCUT2D eigenvalue weighted by molar-refractivity contribution is 5.89. The van der Waals surface area contributed by atoms with Crippen molar-refractivity contribution in [2.24, 2.45) is 0 Å². The van der Waals surface area contributed by atoms with Gasteiger partial charge in [-0.1, -0.05) is 57.4 Å². The van der Waals surface area contributed by atoms with Crippen LogP contribution in [0.1, 0.15) is 69.9 Å². The molecule has 0 saturated heterocycles. The van der Waals surface area contributed by atoms with Crippen LogP contribution in [0.3, 0.4) is 0 Å². The molecule has 0 atom stereocenters. The first-order chi connectivity index (χ1) is 10.1. The first kappa shape index (κ1) is 16.2. The van der Waals surface area contributed by atoms with Crippen molar-refractivity contribution >= 4 is 5.78 Å². The number of ketones is 1. The van der Waals surface area contributed by atoms with Gasteiger partial charge in [-0.25, -0.2) is 0 Å². The zero-order valence-corrected chi connectivity index (χ0v) is 13.7. The summed E-state index contributed by atoms with van der Waals surface area (Å²) in [6, 6.07) is 8.47. The molecule has 0 unspecified atom stereocenters. The number of rotatable bonds is 6. The van der Waals surface area contributed by atoms with E-state index < -0.39 is 5.60 Å². The highest BCUT2D eigenvalue weighted by Gasteiger charge is 2.39. The molecule has 1 saturated carbocycles. The molecule has 2 heteroatoms. The molecule has 0 bridgehead atoms. The molecule has 2 nitrogen and oxygen atoms in total. The first-order valence-electron chi connectivity index (χ1n) is 8.33. The number of hydrogen-bond acceptors (Lipinski definition) is 2. The second kappa shape index (κ2) is 7.22. The number of carbonyl (C=O) groups excluding carboxylic acids is 1. The van der Waals surface area contributed by atoms with Crippen molar-refractivity contribution in [1.29, 1.82) is 0 Å². The molecule has 1 aliphatic rings. The molecule has 0 amide bonds. The van der Waals surface area contributed by atoms with Gasteiger partial charge in [0.2, 0.25) is 0 Å². The molecular formula is C19H28O2. The fraction of sp³-hybridized carbons (Fsp3) is 0.632. The Morgan fingerprint density at radius 2 is 1.76 bits per heavy atom. The van der Waals surface area contributed by atoms with Gasteiger partial charge in [0.15, 0.2) is 5.78 Å². The highest BCUT2D eigenvalue weighted by atomic mass is 16.5. The van der Waals surface area contributed by atoms with Gasteiger partial charge >= 0.3 is 0 Å². The van der Waals surface area contributed by atoms with E-state index >= 15 is 0 Å². The number of benzene rings is 1. The molecule has 0 aliphatic heterocycles. The number of carbonyl (C=O) groups is 1. The maximum Gasteiger partial charge on any atom is 0.168 e. The molecular weight excluding hydrogens is 260 g/mol. The van der Waals surface area contributed by atoms with Gasteiger partial charge in [-0.2, -0.15) is 0 Å². The fourth-order valence-electron chi connectivity index (χ4n) is 3.27. The van der Waals surface area contributed by atoms with E-state index in [-0.39, 0.29) is 5.78 Å². The quantitative estimate of drug-likeness (QED) is 0.761. The van der Waals surface area contributed by atoms with Crippen LogP contribution in [0.2, 0.25) is 0 Å². The fourth-order valence-corrected chi connectivity index (χ4v) is 3.27. The summed E-state index contributed by atoms with van der Waals surface area (Å²) in [4.78, 5) is 12.8. The summed E-state index contributed by atoms with van der Waals surface area (Å²) in [5, 5.41) is 0. The van der Waals surface area contributed by atoms with Crippen LogP contribution in [-0.2, 0) is 16.0 Å². The molecule has 1 aromatic carbocycles. The molecule has 2 rings (SSSR count). The molecule has 116 valence electrons. The summed E-state index contributed by atoms with van der Waals surface area (Å²) >= 11 is 0. The number of hydrogen-bond donors (Lipinski definition) is 0. The van der Waals surface area contributed by atoms with Crippen LogP contribution in [0.15, 0.2) is 24.3 Å². The normalized spacial score (nSPS) is 17.9. The lowest BCUT2D eigenvalue weighted by Gasteiger charge is -2.35. The van der Waals surface area contributed by atoms with E-state index in [4.69, 9.17) is 4.74 Å². The maximum absolute atomic E-state index is 12.8. The molecule has 0 aromatic heterocycles. The number of Topliss-reactive ketones (excluding diaryl/α,β-unsaturated/α-hetero) is 1. The van der Waals surface area contributed by atoms with Crippen molar-refractivity contribution in [3.8, 4) is 0 Å². The van der Waals surface area contributed by atoms with Crippen molar-refractivity contribution in [3.63, 3.8) is 0 Å². The SMILES string of the molecule is CCOC1(C(=O)Cc2ccc(C(C)C)cc2)CCCCC1. The predicted molar refractivity (Wildman–Crippen MR) is 86.7 cm³/mol. The second-order valence-corrected chi connectivity index (χ2v) is 6.48. The van der Waals surface area contributed by atoms with Crippen LogP contribution in [0.25, 0.3) is 0 Å². The van der Waals surface area contributed by atoms with Crippen LogP contribution in [-0.4, -0.2) is 18.0 Å². The smallest absolute Gasteiger partial charge is 0.168 e. The van der Waals surface area contributed by atoms with Crippen molar-refractivity contribution in [2.45, 2.75) is 70.8 Å². The minimum Gasteiger partial charge on any atom is -0.367 e. The zero-order chi connectivity index (χ0) is 15.3. The molecule has 1 fully saturated rings. The lowest BCUT2D eigenvalue weighted by molar-refractivity contribution is -0.148. The zero-order valence-electron chi connectivity index (χ0n) is 13.7. The molecule has 21 heavy (non-hydrogen) atoms. The largest absolute Gasteiger partial charge is 0.367 e. The summed E-state index contributed by atoms with van der Waals surface area (Å²) in [5.41, 5.74) is 1.92. The van der Waals surface area contributed by atoms with E-state index in [1.54, 1.807) is 0 Å². The van der Waals surface area contributed by atoms with E-state index in [2.05, 4.69) is 38.1 Å². The predicted octanol–water partition coefficient (Wildman–Crippen LogP) is 4.66. The topological polar surface area (TPSA) is 26.3 Å². The van der Waals surface area contributed by atoms with Gasteiger partial charge in [-0.3, -0.25) is 4.79 Å². The summed E-state index contributed by atoms with van der Waals surface area (Å²) < 4.78 is 5.92. The van der Waals surface area contributed by atoms with E-state index in [0.29, 0.717) is 18.9 Å². The average Bonchev–Trinajstić information content (AvgIpc) is 2.49. The van der Waals surface area contributed by atoms with E-state index in [0.717, 1.165) is 31.2 Å². The van der Waals surface area contributed by atoms with Crippen LogP contribution in [0, 0.1) is 0 Å². The minimum absolute atomic E-state index is 0.265. The standard InChI is InChI=1S/C19H28O2/c1-4-21-19(12-6-5-7-13-19)18(20)14-16-8-10-17(11-9-16)15(2)3/h8-11,15H,4-7,12-14H2,1-3H3. The van der Waals surface area contributed by atoms with E-state index in [1.165, 1.54) is 12.0 Å². The third-order valence-electron chi connectivity index (χ3n) is 4.60. The minimum atomic E-state index is -0.510. The summed E-state index contributed by atoms with van der Waals surface area (Å²) in [6.07, 6.45) is 5.73. The Kier molecular flexibility index (Phi) is 5.58. The molecule has 0 heterocycles. The van der Waals surface area contributed by atoms with Crippen molar-refractivity contribution in [1.82, 2.24) is 0 Å².